The predicted molar refractivity (Wildman–Crippen MR) is 88.2 cm³/mol. The number of aromatic nitrogens is 2. The molecule has 1 atom stereocenters. The quantitative estimate of drug-likeness (QED) is 0.924. The lowest BCUT2D eigenvalue weighted by atomic mass is 9.91. The van der Waals surface area contributed by atoms with Crippen LogP contribution in [0.3, 0.4) is 0 Å². The summed E-state index contributed by atoms with van der Waals surface area (Å²) >= 11 is 0. The van der Waals surface area contributed by atoms with Gasteiger partial charge >= 0.3 is 0 Å². The number of aromatic amines is 1. The van der Waals surface area contributed by atoms with E-state index in [2.05, 4.69) is 10.2 Å². The Morgan fingerprint density at radius 2 is 2.12 bits per heavy atom. The topological polar surface area (TPSA) is 66.1 Å². The molecule has 1 N–H and O–H groups in total. The third-order valence-corrected chi connectivity index (χ3v) is 4.54. The number of halogens is 2. The molecule has 2 aromatic rings. The number of piperidine rings is 1. The molecule has 1 aromatic heterocycles. The Kier molecular flexibility index (Phi) is 5.21. The maximum atomic E-state index is 13.7. The van der Waals surface area contributed by atoms with Gasteiger partial charge in [0, 0.05) is 25.2 Å². The summed E-state index contributed by atoms with van der Waals surface area (Å²) in [7, 11) is 0. The number of H-pyrrole nitrogens is 1. The van der Waals surface area contributed by atoms with Crippen LogP contribution in [0.15, 0.2) is 35.1 Å². The molecule has 7 heteroatoms. The van der Waals surface area contributed by atoms with Crippen LogP contribution in [0.2, 0.25) is 0 Å². The van der Waals surface area contributed by atoms with E-state index in [0.717, 1.165) is 25.3 Å². The fourth-order valence-electron chi connectivity index (χ4n) is 3.19. The zero-order valence-corrected chi connectivity index (χ0v) is 13.7. The lowest BCUT2D eigenvalue weighted by Crippen LogP contribution is -2.40. The molecular formula is C18H19F2N3O2. The van der Waals surface area contributed by atoms with Gasteiger partial charge in [0.05, 0.1) is 0 Å². The van der Waals surface area contributed by atoms with Gasteiger partial charge in [-0.15, -0.1) is 0 Å². The third-order valence-electron chi connectivity index (χ3n) is 4.54. The summed E-state index contributed by atoms with van der Waals surface area (Å²) in [4.78, 5) is 25.2. The fraction of sp³-hybridized carbons (Fsp3) is 0.389. The normalized spacial score (nSPS) is 17.5. The Balaban J connectivity index is 1.60. The summed E-state index contributed by atoms with van der Waals surface area (Å²) in [6, 6.07) is 6.32. The first kappa shape index (κ1) is 17.3. The summed E-state index contributed by atoms with van der Waals surface area (Å²) in [5.41, 5.74) is 0.353. The minimum atomic E-state index is -0.580. The maximum absolute atomic E-state index is 13.7. The highest BCUT2D eigenvalue weighted by Crippen LogP contribution is 2.23. The first-order valence-corrected chi connectivity index (χ1v) is 8.32. The second kappa shape index (κ2) is 7.55. The predicted octanol–water partition coefficient (Wildman–Crippen LogP) is 2.53. The number of hydrogen-bond acceptors (Lipinski definition) is 3. The number of hydrogen-bond donors (Lipinski definition) is 1. The van der Waals surface area contributed by atoms with E-state index >= 15 is 0 Å². The zero-order valence-electron chi connectivity index (χ0n) is 13.7. The molecule has 1 saturated heterocycles. The van der Waals surface area contributed by atoms with Crippen molar-refractivity contribution in [2.75, 3.05) is 13.1 Å². The van der Waals surface area contributed by atoms with Crippen molar-refractivity contribution in [1.82, 2.24) is 15.1 Å². The van der Waals surface area contributed by atoms with Gasteiger partial charge in [-0.3, -0.25) is 9.59 Å². The van der Waals surface area contributed by atoms with Gasteiger partial charge in [0.2, 0.25) is 0 Å². The lowest BCUT2D eigenvalue weighted by molar-refractivity contribution is 0.0661. The van der Waals surface area contributed by atoms with E-state index in [1.165, 1.54) is 24.3 Å². The molecule has 1 aliphatic heterocycles. The number of rotatable bonds is 4. The van der Waals surface area contributed by atoms with Crippen LogP contribution in [0, 0.1) is 17.6 Å². The molecule has 0 spiro atoms. The molecule has 1 aliphatic rings. The van der Waals surface area contributed by atoms with E-state index in [-0.39, 0.29) is 23.1 Å². The van der Waals surface area contributed by atoms with Gasteiger partial charge in [-0.2, -0.15) is 5.10 Å². The van der Waals surface area contributed by atoms with Crippen LogP contribution in [0.4, 0.5) is 8.78 Å². The van der Waals surface area contributed by atoms with Crippen LogP contribution in [0.5, 0.6) is 0 Å². The van der Waals surface area contributed by atoms with Crippen LogP contribution in [0.25, 0.3) is 0 Å². The third kappa shape index (κ3) is 4.29. The number of aryl methyl sites for hydroxylation is 1. The van der Waals surface area contributed by atoms with Crippen molar-refractivity contribution in [2.24, 2.45) is 5.92 Å². The number of nitrogens with one attached hydrogen (secondary N) is 1. The van der Waals surface area contributed by atoms with Gasteiger partial charge in [-0.1, -0.05) is 6.07 Å². The highest BCUT2D eigenvalue weighted by atomic mass is 19.1. The van der Waals surface area contributed by atoms with Gasteiger partial charge in [0.1, 0.15) is 17.3 Å². The molecule has 5 nitrogen and oxygen atoms in total. The van der Waals surface area contributed by atoms with Crippen LogP contribution >= 0.6 is 0 Å². The Morgan fingerprint density at radius 1 is 1.28 bits per heavy atom. The van der Waals surface area contributed by atoms with Crippen LogP contribution in [-0.4, -0.2) is 34.1 Å². The Hall–Kier alpha value is -2.57. The average molecular weight is 347 g/mol. The van der Waals surface area contributed by atoms with Crippen LogP contribution < -0.4 is 5.56 Å². The van der Waals surface area contributed by atoms with Crippen molar-refractivity contribution in [3.63, 3.8) is 0 Å². The summed E-state index contributed by atoms with van der Waals surface area (Å²) in [6.07, 6.45) is 3.07. The number of nitrogens with zero attached hydrogens (tertiary/aromatic N) is 2. The molecule has 1 fully saturated rings. The second-order valence-corrected chi connectivity index (χ2v) is 6.34. The van der Waals surface area contributed by atoms with E-state index < -0.39 is 11.6 Å². The minimum absolute atomic E-state index is 0.213. The molecule has 132 valence electrons. The maximum Gasteiger partial charge on any atom is 0.274 e. The van der Waals surface area contributed by atoms with E-state index in [4.69, 9.17) is 0 Å². The first-order chi connectivity index (χ1) is 12.0. The summed E-state index contributed by atoms with van der Waals surface area (Å²) < 4.78 is 26.7. The number of carbonyl (C=O) groups is 1. The molecule has 0 radical (unpaired) electrons. The highest BCUT2D eigenvalue weighted by Gasteiger charge is 2.25. The molecule has 0 unspecified atom stereocenters. The van der Waals surface area contributed by atoms with Gasteiger partial charge in [-0.05, 0) is 49.3 Å². The number of amides is 1. The molecule has 1 aromatic carbocycles. The van der Waals surface area contributed by atoms with E-state index in [9.17, 15) is 18.4 Å². The molecule has 1 amide bonds. The summed E-state index contributed by atoms with van der Waals surface area (Å²) in [5, 5.41) is 6.04. The zero-order chi connectivity index (χ0) is 17.8. The number of benzene rings is 1. The second-order valence-electron chi connectivity index (χ2n) is 6.34. The minimum Gasteiger partial charge on any atom is -0.337 e. The Labute approximate surface area is 143 Å². The summed E-state index contributed by atoms with van der Waals surface area (Å²) in [6.45, 7) is 1.21. The molecule has 3 rings (SSSR count). The van der Waals surface area contributed by atoms with Crippen LogP contribution in [0.1, 0.15) is 35.3 Å². The fourth-order valence-corrected chi connectivity index (χ4v) is 3.19. The van der Waals surface area contributed by atoms with Crippen molar-refractivity contribution >= 4 is 5.91 Å². The van der Waals surface area contributed by atoms with Crippen molar-refractivity contribution in [3.8, 4) is 0 Å². The Morgan fingerprint density at radius 3 is 2.84 bits per heavy atom. The summed E-state index contributed by atoms with van der Waals surface area (Å²) in [5.74, 6) is -1.07. The van der Waals surface area contributed by atoms with E-state index in [0.29, 0.717) is 25.1 Å². The monoisotopic (exact) mass is 347 g/mol. The average Bonchev–Trinajstić information content (AvgIpc) is 2.61. The van der Waals surface area contributed by atoms with Gasteiger partial charge < -0.3 is 4.90 Å². The molecule has 0 bridgehead atoms. The largest absolute Gasteiger partial charge is 0.337 e. The first-order valence-electron chi connectivity index (χ1n) is 8.32. The highest BCUT2D eigenvalue weighted by molar-refractivity contribution is 5.92. The molecule has 0 aliphatic carbocycles. The SMILES string of the molecule is O=C(c1ccc(=O)[nH]n1)N1CCC[C@H](CCc2ccc(F)cc2F)C1. The number of carbonyl (C=O) groups excluding carboxylic acids is 1. The van der Waals surface area contributed by atoms with Crippen molar-refractivity contribution in [2.45, 2.75) is 25.7 Å². The number of likely N-dealkylation sites (tertiary alicyclic amines) is 1. The Bertz CT molecular complexity index is 802. The van der Waals surface area contributed by atoms with Crippen molar-refractivity contribution in [3.05, 3.63) is 63.6 Å². The van der Waals surface area contributed by atoms with Gasteiger partial charge in [0.25, 0.3) is 11.5 Å². The standard InChI is InChI=1S/C18H19F2N3O2/c19-14-6-5-13(15(20)10-14)4-3-12-2-1-9-23(11-12)18(25)16-7-8-17(24)22-21-16/h5-8,10,12H,1-4,9,11H2,(H,22,24)/t12-/m1/s1. The van der Waals surface area contributed by atoms with Gasteiger partial charge in [0.15, 0.2) is 0 Å². The van der Waals surface area contributed by atoms with Crippen molar-refractivity contribution in [1.29, 1.82) is 0 Å². The molecule has 0 saturated carbocycles. The lowest BCUT2D eigenvalue weighted by Gasteiger charge is -2.32. The molecule has 2 heterocycles. The molecule has 25 heavy (non-hydrogen) atoms. The van der Waals surface area contributed by atoms with Crippen LogP contribution in [-0.2, 0) is 6.42 Å². The van der Waals surface area contributed by atoms with Gasteiger partial charge in [-0.25, -0.2) is 13.9 Å². The smallest absolute Gasteiger partial charge is 0.274 e. The van der Waals surface area contributed by atoms with Crippen molar-refractivity contribution < 1.29 is 13.6 Å². The molecular weight excluding hydrogens is 328 g/mol. The van der Waals surface area contributed by atoms with E-state index in [1.807, 2.05) is 0 Å². The van der Waals surface area contributed by atoms with E-state index in [1.54, 1.807) is 4.90 Å².